The number of amides is 2. The van der Waals surface area contributed by atoms with Crippen LogP contribution >= 0.6 is 0 Å². The van der Waals surface area contributed by atoms with Crippen molar-refractivity contribution in [2.45, 2.75) is 19.9 Å². The van der Waals surface area contributed by atoms with E-state index < -0.39 is 11.8 Å². The van der Waals surface area contributed by atoms with Crippen molar-refractivity contribution in [3.63, 3.8) is 0 Å². The first-order valence-electron chi connectivity index (χ1n) is 6.87. The minimum absolute atomic E-state index is 0.281. The van der Waals surface area contributed by atoms with Crippen LogP contribution in [0.4, 0.5) is 0 Å². The van der Waals surface area contributed by atoms with Gasteiger partial charge in [-0.2, -0.15) is 0 Å². The number of hydrogen-bond donors (Lipinski definition) is 2. The summed E-state index contributed by atoms with van der Waals surface area (Å²) in [6, 6.07) is 3.77. The van der Waals surface area contributed by atoms with Crippen LogP contribution in [0.5, 0.6) is 0 Å². The Hall–Kier alpha value is -1.95. The van der Waals surface area contributed by atoms with Crippen LogP contribution in [0.3, 0.4) is 0 Å². The lowest BCUT2D eigenvalue weighted by Gasteiger charge is -2.19. The molecular formula is C14H20N4O2. The lowest BCUT2D eigenvalue weighted by Crippen LogP contribution is -2.44. The topological polar surface area (TPSA) is 74.3 Å². The van der Waals surface area contributed by atoms with Gasteiger partial charge in [-0.15, -0.1) is 0 Å². The van der Waals surface area contributed by atoms with Crippen LogP contribution in [0, 0.1) is 6.92 Å². The quantitative estimate of drug-likeness (QED) is 0.735. The largest absolute Gasteiger partial charge is 0.342 e. The molecule has 108 valence electrons. The van der Waals surface area contributed by atoms with Crippen molar-refractivity contribution >= 4 is 11.8 Å². The normalized spacial score (nSPS) is 15.6. The van der Waals surface area contributed by atoms with Crippen molar-refractivity contribution in [3.8, 4) is 0 Å². The molecule has 0 saturated carbocycles. The highest BCUT2D eigenvalue weighted by atomic mass is 16.2. The van der Waals surface area contributed by atoms with Crippen LogP contribution in [0.25, 0.3) is 0 Å². The van der Waals surface area contributed by atoms with Crippen LogP contribution in [-0.4, -0.2) is 47.9 Å². The number of nitrogens with one attached hydrogen (secondary N) is 2. The molecule has 0 aliphatic carbocycles. The molecule has 0 radical (unpaired) electrons. The van der Waals surface area contributed by atoms with Crippen LogP contribution in [0.2, 0.25) is 0 Å². The summed E-state index contributed by atoms with van der Waals surface area (Å²) in [5.74, 6) is -1.01. The van der Waals surface area contributed by atoms with Gasteiger partial charge < -0.3 is 15.5 Å². The zero-order valence-electron chi connectivity index (χ0n) is 11.7. The Bertz CT molecular complexity index is 482. The fourth-order valence-corrected chi connectivity index (χ4v) is 2.14. The van der Waals surface area contributed by atoms with Gasteiger partial charge in [0.05, 0.1) is 12.2 Å². The minimum atomic E-state index is -0.558. The number of rotatable bonds is 2. The number of nitrogens with zero attached hydrogens (tertiary/aromatic N) is 2. The Morgan fingerprint density at radius 2 is 2.25 bits per heavy atom. The summed E-state index contributed by atoms with van der Waals surface area (Å²) in [5, 5.41) is 5.84. The summed E-state index contributed by atoms with van der Waals surface area (Å²) >= 11 is 0. The fourth-order valence-electron chi connectivity index (χ4n) is 2.14. The van der Waals surface area contributed by atoms with E-state index in [9.17, 15) is 9.59 Å². The van der Waals surface area contributed by atoms with Crippen molar-refractivity contribution in [1.82, 2.24) is 20.5 Å². The summed E-state index contributed by atoms with van der Waals surface area (Å²) in [5.41, 5.74) is 1.78. The Labute approximate surface area is 118 Å². The van der Waals surface area contributed by atoms with Gasteiger partial charge >= 0.3 is 11.8 Å². The van der Waals surface area contributed by atoms with Gasteiger partial charge in [0.25, 0.3) is 0 Å². The average molecular weight is 276 g/mol. The monoisotopic (exact) mass is 276 g/mol. The molecule has 20 heavy (non-hydrogen) atoms. The van der Waals surface area contributed by atoms with Crippen molar-refractivity contribution in [3.05, 3.63) is 29.6 Å². The number of aromatic nitrogens is 1. The highest BCUT2D eigenvalue weighted by Gasteiger charge is 2.22. The number of aryl methyl sites for hydroxylation is 1. The molecule has 0 bridgehead atoms. The summed E-state index contributed by atoms with van der Waals surface area (Å²) in [7, 11) is 0. The molecule has 1 aromatic rings. The van der Waals surface area contributed by atoms with Gasteiger partial charge in [0.2, 0.25) is 0 Å². The van der Waals surface area contributed by atoms with Crippen LogP contribution < -0.4 is 10.6 Å². The molecule has 2 N–H and O–H groups in total. The lowest BCUT2D eigenvalue weighted by atomic mass is 10.2. The molecule has 0 atom stereocenters. The maximum atomic E-state index is 12.0. The molecule has 1 aliphatic heterocycles. The van der Waals surface area contributed by atoms with Gasteiger partial charge in [-0.3, -0.25) is 14.6 Å². The van der Waals surface area contributed by atoms with Crippen molar-refractivity contribution < 1.29 is 9.59 Å². The molecule has 0 aromatic carbocycles. The SMILES string of the molecule is Cc1cccnc1CNC(=O)C(=O)N1CCCNCC1. The Morgan fingerprint density at radius 1 is 1.40 bits per heavy atom. The molecule has 2 amide bonds. The summed E-state index contributed by atoms with van der Waals surface area (Å²) in [4.78, 5) is 29.7. The van der Waals surface area contributed by atoms with E-state index in [1.165, 1.54) is 0 Å². The van der Waals surface area contributed by atoms with Crippen molar-refractivity contribution in [2.75, 3.05) is 26.2 Å². The second-order valence-corrected chi connectivity index (χ2v) is 4.85. The van der Waals surface area contributed by atoms with E-state index in [4.69, 9.17) is 0 Å². The van der Waals surface area contributed by atoms with Gasteiger partial charge in [-0.05, 0) is 31.5 Å². The van der Waals surface area contributed by atoms with Gasteiger partial charge in [0, 0.05) is 25.8 Å². The molecule has 1 saturated heterocycles. The minimum Gasteiger partial charge on any atom is -0.342 e. The lowest BCUT2D eigenvalue weighted by molar-refractivity contribution is -0.145. The highest BCUT2D eigenvalue weighted by Crippen LogP contribution is 2.02. The summed E-state index contributed by atoms with van der Waals surface area (Å²) in [6.45, 7) is 5.04. The van der Waals surface area contributed by atoms with Crippen LogP contribution in [-0.2, 0) is 16.1 Å². The highest BCUT2D eigenvalue weighted by molar-refractivity contribution is 6.34. The second kappa shape index (κ2) is 7.00. The fraction of sp³-hybridized carbons (Fsp3) is 0.500. The molecule has 1 fully saturated rings. The molecule has 1 aromatic heterocycles. The zero-order chi connectivity index (χ0) is 14.4. The molecular weight excluding hydrogens is 256 g/mol. The maximum absolute atomic E-state index is 12.0. The third-order valence-corrected chi connectivity index (χ3v) is 3.36. The van der Waals surface area contributed by atoms with Gasteiger partial charge in [0.1, 0.15) is 0 Å². The van der Waals surface area contributed by atoms with Gasteiger partial charge in [0.15, 0.2) is 0 Å². The third-order valence-electron chi connectivity index (χ3n) is 3.36. The Morgan fingerprint density at radius 3 is 3.05 bits per heavy atom. The van der Waals surface area contributed by atoms with E-state index in [1.807, 2.05) is 19.1 Å². The molecule has 0 spiro atoms. The number of hydrogen-bond acceptors (Lipinski definition) is 4. The second-order valence-electron chi connectivity index (χ2n) is 4.85. The Balaban J connectivity index is 1.88. The van der Waals surface area contributed by atoms with Crippen molar-refractivity contribution in [2.24, 2.45) is 0 Å². The van der Waals surface area contributed by atoms with E-state index in [1.54, 1.807) is 11.1 Å². The third kappa shape index (κ3) is 3.77. The Kier molecular flexibility index (Phi) is 5.06. The molecule has 6 heteroatoms. The van der Waals surface area contributed by atoms with Gasteiger partial charge in [-0.1, -0.05) is 6.07 Å². The predicted octanol–water partition coefficient (Wildman–Crippen LogP) is -0.172. The number of pyridine rings is 1. The maximum Gasteiger partial charge on any atom is 0.311 e. The molecule has 2 heterocycles. The molecule has 0 unspecified atom stereocenters. The van der Waals surface area contributed by atoms with Crippen molar-refractivity contribution in [1.29, 1.82) is 0 Å². The first-order chi connectivity index (χ1) is 9.68. The number of carbonyl (C=O) groups is 2. The first kappa shape index (κ1) is 14.5. The average Bonchev–Trinajstić information content (AvgIpc) is 2.74. The van der Waals surface area contributed by atoms with E-state index >= 15 is 0 Å². The van der Waals surface area contributed by atoms with E-state index in [0.29, 0.717) is 13.1 Å². The van der Waals surface area contributed by atoms with E-state index in [-0.39, 0.29) is 6.54 Å². The zero-order valence-corrected chi connectivity index (χ0v) is 11.7. The molecule has 1 aliphatic rings. The van der Waals surface area contributed by atoms with Crippen LogP contribution in [0.1, 0.15) is 17.7 Å². The van der Waals surface area contributed by atoms with E-state index in [2.05, 4.69) is 15.6 Å². The van der Waals surface area contributed by atoms with E-state index in [0.717, 1.165) is 30.8 Å². The predicted molar refractivity (Wildman–Crippen MR) is 74.9 cm³/mol. The standard InChI is InChI=1S/C14H20N4O2/c1-11-4-2-6-16-12(11)10-17-13(19)14(20)18-8-3-5-15-7-9-18/h2,4,6,15H,3,5,7-10H2,1H3,(H,17,19). The molecule has 6 nitrogen and oxygen atoms in total. The van der Waals surface area contributed by atoms with Gasteiger partial charge in [-0.25, -0.2) is 0 Å². The molecule has 2 rings (SSSR count). The summed E-state index contributed by atoms with van der Waals surface area (Å²) < 4.78 is 0. The summed E-state index contributed by atoms with van der Waals surface area (Å²) in [6.07, 6.45) is 2.55. The first-order valence-corrected chi connectivity index (χ1v) is 6.87. The smallest absolute Gasteiger partial charge is 0.311 e. The van der Waals surface area contributed by atoms with Crippen LogP contribution in [0.15, 0.2) is 18.3 Å². The number of carbonyl (C=O) groups excluding carboxylic acids is 2.